The number of rotatable bonds is 4. The van der Waals surface area contributed by atoms with E-state index in [-0.39, 0.29) is 18.6 Å². The molecule has 1 aliphatic heterocycles. The minimum atomic E-state index is -0.225. The second kappa shape index (κ2) is 6.71. The van der Waals surface area contributed by atoms with Gasteiger partial charge in [-0.15, -0.1) is 11.3 Å². The van der Waals surface area contributed by atoms with Crippen molar-refractivity contribution in [1.29, 1.82) is 0 Å². The Morgan fingerprint density at radius 2 is 2.42 bits per heavy atom. The molecule has 1 aromatic heterocycles. The summed E-state index contributed by atoms with van der Waals surface area (Å²) in [6, 6.07) is 3.91. The molecule has 0 bridgehead atoms. The predicted octanol–water partition coefficient (Wildman–Crippen LogP) is 0.932. The minimum absolute atomic E-state index is 0.0965. The fraction of sp³-hybridized carbons (Fsp3) is 0.500. The van der Waals surface area contributed by atoms with Crippen LogP contribution in [0.1, 0.15) is 29.0 Å². The molecule has 2 rings (SSSR count). The average molecular weight is 278 g/mol. The van der Waals surface area contributed by atoms with E-state index in [0.29, 0.717) is 6.42 Å². The molecule has 19 heavy (non-hydrogen) atoms. The third-order valence-electron chi connectivity index (χ3n) is 3.16. The minimum Gasteiger partial charge on any atom is -0.395 e. The molecule has 1 fully saturated rings. The number of aliphatic hydroxyl groups excluding tert-OH is 1. The molecular formula is C14H18N2O2S. The van der Waals surface area contributed by atoms with Crippen LogP contribution in [0.25, 0.3) is 0 Å². The summed E-state index contributed by atoms with van der Waals surface area (Å²) in [6.45, 7) is 1.79. The predicted molar refractivity (Wildman–Crippen MR) is 75.5 cm³/mol. The molecule has 1 aliphatic rings. The van der Waals surface area contributed by atoms with E-state index in [2.05, 4.69) is 16.7 Å². The number of carbonyl (C=O) groups excluding carboxylic acids is 1. The second-order valence-corrected chi connectivity index (χ2v) is 5.74. The number of aliphatic hydroxyl groups is 1. The third kappa shape index (κ3) is 3.80. The molecule has 4 nitrogen and oxygen atoms in total. The number of hydrogen-bond donors (Lipinski definition) is 2. The van der Waals surface area contributed by atoms with Gasteiger partial charge >= 0.3 is 0 Å². The molecule has 5 heteroatoms. The first kappa shape index (κ1) is 14.1. The zero-order chi connectivity index (χ0) is 13.7. The molecule has 0 spiro atoms. The topological polar surface area (TPSA) is 66.6 Å². The number of hydrogen-bond acceptors (Lipinski definition) is 4. The van der Waals surface area contributed by atoms with E-state index in [9.17, 15) is 4.79 Å². The van der Waals surface area contributed by atoms with Crippen molar-refractivity contribution in [3.8, 4) is 11.8 Å². The summed E-state index contributed by atoms with van der Waals surface area (Å²) in [5.41, 5.74) is 5.40. The van der Waals surface area contributed by atoms with Gasteiger partial charge in [0.2, 0.25) is 5.91 Å². The lowest BCUT2D eigenvalue weighted by Crippen LogP contribution is -2.39. The number of amides is 1. The van der Waals surface area contributed by atoms with Gasteiger partial charge < -0.3 is 10.8 Å². The van der Waals surface area contributed by atoms with Crippen LogP contribution < -0.4 is 5.73 Å². The van der Waals surface area contributed by atoms with Gasteiger partial charge in [-0.2, -0.15) is 0 Å². The van der Waals surface area contributed by atoms with E-state index in [1.807, 2.05) is 12.1 Å². The first-order valence-corrected chi connectivity index (χ1v) is 7.24. The van der Waals surface area contributed by atoms with Crippen molar-refractivity contribution in [1.82, 2.24) is 4.90 Å². The van der Waals surface area contributed by atoms with Gasteiger partial charge in [-0.05, 0) is 31.5 Å². The van der Waals surface area contributed by atoms with E-state index < -0.39 is 0 Å². The molecule has 0 aromatic carbocycles. The number of nitrogens with zero attached hydrogens (tertiary/aromatic N) is 1. The van der Waals surface area contributed by atoms with Crippen LogP contribution in [0.3, 0.4) is 0 Å². The fourth-order valence-electron chi connectivity index (χ4n) is 2.27. The standard InChI is InChI=1S/C14H18N2O2S/c15-14(18)13-5-3-8-16(13)10-12-7-6-11(19-12)4-1-2-9-17/h6-7,13,17H,2-3,5,8-10H2,(H2,15,18). The van der Waals surface area contributed by atoms with Gasteiger partial charge in [0.15, 0.2) is 0 Å². The molecule has 0 aliphatic carbocycles. The Bertz CT molecular complexity index is 501. The Kier molecular flexibility index (Phi) is 4.97. The van der Waals surface area contributed by atoms with Crippen molar-refractivity contribution < 1.29 is 9.90 Å². The largest absolute Gasteiger partial charge is 0.395 e. The molecule has 102 valence electrons. The lowest BCUT2D eigenvalue weighted by Gasteiger charge is -2.20. The second-order valence-electron chi connectivity index (χ2n) is 4.57. The average Bonchev–Trinajstić information content (AvgIpc) is 2.99. The Hall–Kier alpha value is -1.35. The third-order valence-corrected chi connectivity index (χ3v) is 4.15. The van der Waals surface area contributed by atoms with E-state index in [4.69, 9.17) is 10.8 Å². The molecule has 0 radical (unpaired) electrons. The lowest BCUT2D eigenvalue weighted by molar-refractivity contribution is -0.122. The summed E-state index contributed by atoms with van der Waals surface area (Å²) in [6.07, 6.45) is 2.40. The van der Waals surface area contributed by atoms with E-state index in [1.54, 1.807) is 11.3 Å². The summed E-state index contributed by atoms with van der Waals surface area (Å²) < 4.78 is 0. The summed E-state index contributed by atoms with van der Waals surface area (Å²) in [7, 11) is 0. The monoisotopic (exact) mass is 278 g/mol. The van der Waals surface area contributed by atoms with Crippen LogP contribution in [-0.4, -0.2) is 35.1 Å². The Labute approximate surface area is 117 Å². The highest BCUT2D eigenvalue weighted by Crippen LogP contribution is 2.23. The van der Waals surface area contributed by atoms with Crippen LogP contribution >= 0.6 is 11.3 Å². The maximum absolute atomic E-state index is 11.3. The Balaban J connectivity index is 1.96. The van der Waals surface area contributed by atoms with Gasteiger partial charge in [0.1, 0.15) is 0 Å². The van der Waals surface area contributed by atoms with Gasteiger partial charge in [-0.1, -0.05) is 11.8 Å². The Morgan fingerprint density at radius 3 is 3.16 bits per heavy atom. The van der Waals surface area contributed by atoms with Crippen molar-refractivity contribution in [2.24, 2.45) is 5.73 Å². The van der Waals surface area contributed by atoms with Crippen molar-refractivity contribution in [2.75, 3.05) is 13.2 Å². The summed E-state index contributed by atoms with van der Waals surface area (Å²) in [5, 5.41) is 8.67. The highest BCUT2D eigenvalue weighted by molar-refractivity contribution is 7.12. The van der Waals surface area contributed by atoms with E-state index >= 15 is 0 Å². The normalized spacial score (nSPS) is 19.1. The first-order valence-electron chi connectivity index (χ1n) is 6.42. The number of likely N-dealkylation sites (tertiary alicyclic amines) is 1. The van der Waals surface area contributed by atoms with Gasteiger partial charge in [0.05, 0.1) is 17.5 Å². The smallest absolute Gasteiger partial charge is 0.234 e. The van der Waals surface area contributed by atoms with Crippen LogP contribution in [0, 0.1) is 11.8 Å². The molecular weight excluding hydrogens is 260 g/mol. The quantitative estimate of drug-likeness (QED) is 0.805. The summed E-state index contributed by atoms with van der Waals surface area (Å²) in [4.78, 5) is 15.7. The molecule has 1 amide bonds. The van der Waals surface area contributed by atoms with Gasteiger partial charge in [-0.25, -0.2) is 0 Å². The fourth-order valence-corrected chi connectivity index (χ4v) is 3.18. The molecule has 1 unspecified atom stereocenters. The van der Waals surface area contributed by atoms with Crippen LogP contribution in [0.4, 0.5) is 0 Å². The maximum Gasteiger partial charge on any atom is 0.234 e. The lowest BCUT2D eigenvalue weighted by atomic mass is 10.2. The van der Waals surface area contributed by atoms with Crippen LogP contribution in [0.2, 0.25) is 0 Å². The van der Waals surface area contributed by atoms with Crippen molar-refractivity contribution >= 4 is 17.2 Å². The maximum atomic E-state index is 11.3. The highest BCUT2D eigenvalue weighted by Gasteiger charge is 2.28. The van der Waals surface area contributed by atoms with E-state index in [1.165, 1.54) is 4.88 Å². The Morgan fingerprint density at radius 1 is 1.58 bits per heavy atom. The summed E-state index contributed by atoms with van der Waals surface area (Å²) >= 11 is 1.63. The van der Waals surface area contributed by atoms with Crippen molar-refractivity contribution in [3.05, 3.63) is 21.9 Å². The highest BCUT2D eigenvalue weighted by atomic mass is 32.1. The molecule has 1 aromatic rings. The number of primary amides is 1. The molecule has 1 saturated heterocycles. The van der Waals surface area contributed by atoms with Crippen LogP contribution in [0.5, 0.6) is 0 Å². The zero-order valence-electron chi connectivity index (χ0n) is 10.8. The molecule has 1 atom stereocenters. The first-order chi connectivity index (χ1) is 9.20. The van der Waals surface area contributed by atoms with Gasteiger partial charge in [0, 0.05) is 17.8 Å². The number of thiophene rings is 1. The number of nitrogens with two attached hydrogens (primary N) is 1. The molecule has 0 saturated carbocycles. The van der Waals surface area contributed by atoms with Crippen molar-refractivity contribution in [3.63, 3.8) is 0 Å². The zero-order valence-corrected chi connectivity index (χ0v) is 11.6. The van der Waals surface area contributed by atoms with Gasteiger partial charge in [-0.3, -0.25) is 9.69 Å². The number of carbonyl (C=O) groups is 1. The van der Waals surface area contributed by atoms with E-state index in [0.717, 1.165) is 30.8 Å². The van der Waals surface area contributed by atoms with Crippen molar-refractivity contribution in [2.45, 2.75) is 31.8 Å². The van der Waals surface area contributed by atoms with Crippen LogP contribution in [-0.2, 0) is 11.3 Å². The summed E-state index contributed by atoms with van der Waals surface area (Å²) in [5.74, 6) is 5.71. The van der Waals surface area contributed by atoms with Gasteiger partial charge in [0.25, 0.3) is 0 Å². The van der Waals surface area contributed by atoms with Crippen LogP contribution in [0.15, 0.2) is 12.1 Å². The molecule has 3 N–H and O–H groups in total. The molecule has 2 heterocycles. The SMILES string of the molecule is NC(=O)C1CCCN1Cc1ccc(C#CCCO)s1.